The molecule has 13 heterocycles. The molecule has 8 fully saturated rings. The van der Waals surface area contributed by atoms with E-state index >= 15 is 0 Å². The molecule has 12 aromatic rings. The SMILES string of the molecule is CCCc1ccc(C(=O)Nc2ccc(C)c(-c3cc(N4CCOCC4)c(=O)n(C)c3)c2)cc1C(F)(F)F.Cc1ccc(C(=O)Cc2ccc(CN)c(C(F)(F)F)c2)cc1-c1cc(N2CCOCC2)c(=O)n(C)c1.Cc1ccc(NC(=O)c2cccc(C(F)(F)F)c2)cc1-c1cc(N2CC3CC(C2)O3)c(=O)n(C)c1.Cc1ccc(NC(=O)c2ccnc(C(C)(C)C#N)c2)cc1-c1cc(N2CC3CC(C2)O3)c(=O)n(C)c1. The van der Waals surface area contributed by atoms with Gasteiger partial charge in [-0.3, -0.25) is 43.3 Å². The van der Waals surface area contributed by atoms with Crippen molar-refractivity contribution in [1.29, 1.82) is 5.26 Å². The molecule has 5 N–H and O–H groups in total. The number of ketones is 1. The molecule has 4 unspecified atom stereocenters. The number of nitrogens with two attached hydrogens (primary N) is 1. The van der Waals surface area contributed by atoms with Crippen LogP contribution in [0.2, 0.25) is 0 Å². The van der Waals surface area contributed by atoms with Gasteiger partial charge in [-0.05, 0) is 224 Å². The fourth-order valence-corrected chi connectivity index (χ4v) is 18.5. The van der Waals surface area contributed by atoms with Gasteiger partial charge in [0.1, 0.15) is 22.7 Å². The number of aryl methyl sites for hydroxylation is 9. The Morgan fingerprint density at radius 1 is 0.438 bits per heavy atom. The second-order valence-corrected chi connectivity index (χ2v) is 37.5. The number of nitrogens with one attached hydrogen (secondary N) is 3. The highest BCUT2D eigenvalue weighted by atomic mass is 19.4. The number of alkyl halides is 9. The number of ether oxygens (including phenoxy) is 4. The normalized spacial score (nSPS) is 16.6. The first-order valence-corrected chi connectivity index (χ1v) is 47.2. The number of anilines is 7. The molecule has 0 spiro atoms. The van der Waals surface area contributed by atoms with E-state index in [0.717, 1.165) is 117 Å². The maximum Gasteiger partial charge on any atom is 0.416 e. The topological polar surface area (TPSA) is 305 Å². The van der Waals surface area contributed by atoms with Gasteiger partial charge in [0.05, 0.1) is 84.7 Å². The Morgan fingerprint density at radius 2 is 0.806 bits per heavy atom. The fraction of sp³-hybridized carbons (Fsp3) is 0.339. The summed E-state index contributed by atoms with van der Waals surface area (Å²) in [6.07, 6.45) is -1.59. The van der Waals surface area contributed by atoms with Crippen LogP contribution in [-0.4, -0.2) is 150 Å². The van der Waals surface area contributed by atoms with Crippen molar-refractivity contribution in [3.8, 4) is 50.6 Å². The Morgan fingerprint density at radius 3 is 1.19 bits per heavy atom. The number of hydrogen-bond acceptors (Lipinski definition) is 19. The summed E-state index contributed by atoms with van der Waals surface area (Å²) in [6, 6.07) is 46.3. The van der Waals surface area contributed by atoms with Crippen LogP contribution in [0.4, 0.5) is 79.3 Å². The zero-order valence-corrected chi connectivity index (χ0v) is 81.4. The summed E-state index contributed by atoms with van der Waals surface area (Å²) < 4.78 is 149. The lowest BCUT2D eigenvalue weighted by atomic mass is 9.90. The standard InChI is InChI=1S/C28H30F3N3O3.C28H29N5O3.C27H28F3N3O3.C26H24F3N3O3/c1-4-5-19-7-8-20(14-24(19)28(29,30)31)26(35)32-22-9-6-18(2)23(16-22)21-15-25(27(36)33(3)17-21)34-10-12-37-13-11-34;1-17-5-6-20(31-26(34)18-7-8-30-25(10-18)28(2,3)16-29)11-23(17)19-9-24(27(35)32(4)13-19)33-14-21-12-22(15-33)36-21;1-17-3-5-19(25(34)12-18-4-6-20(15-31)23(11-18)27(28,29)30)13-22(17)21-14-24(26(35)32(2)16-21)33-7-9-36-10-8-33;1-15-6-7-19(30-24(33)16-4-3-5-18(8-16)26(27,28)29)10-22(15)17-9-23(25(34)31(2)12-17)32-13-20-11-21(14-32)35-20/h6-9,14-17H,4-5,10-13H2,1-3H3,(H,32,35);5-11,13,21-22H,12,14-15H2,1-4H3,(H,31,34);3-6,11,13-14,16H,7-10,12,15,31H2,1-2H3;3-10,12,20-21H,11,13-14H2,1-2H3,(H,30,33). The van der Waals surface area contributed by atoms with Gasteiger partial charge in [0.2, 0.25) is 0 Å². The molecule has 8 aliphatic heterocycles. The molecule has 3 amide bonds. The summed E-state index contributed by atoms with van der Waals surface area (Å²) in [5.74, 6) is -1.85. The molecule has 144 heavy (non-hydrogen) atoms. The van der Waals surface area contributed by atoms with Crippen LogP contribution in [-0.2, 0) is 90.5 Å². The van der Waals surface area contributed by atoms with Gasteiger partial charge < -0.3 is 78.5 Å². The molecule has 4 atom stereocenters. The van der Waals surface area contributed by atoms with Gasteiger partial charge in [-0.1, -0.05) is 67.9 Å². The zero-order chi connectivity index (χ0) is 103. The predicted molar refractivity (Wildman–Crippen MR) is 535 cm³/mol. The van der Waals surface area contributed by atoms with Crippen molar-refractivity contribution < 1.29 is 77.6 Å². The van der Waals surface area contributed by atoms with Gasteiger partial charge in [-0.25, -0.2) is 0 Å². The molecule has 8 aliphatic rings. The summed E-state index contributed by atoms with van der Waals surface area (Å²) in [4.78, 5) is 116. The second-order valence-electron chi connectivity index (χ2n) is 37.5. The van der Waals surface area contributed by atoms with Crippen molar-refractivity contribution in [2.45, 2.75) is 135 Å². The van der Waals surface area contributed by atoms with Crippen molar-refractivity contribution in [3.05, 3.63) is 326 Å². The minimum Gasteiger partial charge on any atom is -0.378 e. The molecule has 20 rings (SSSR count). The Balaban J connectivity index is 0.000000144. The lowest BCUT2D eigenvalue weighted by Crippen LogP contribution is -2.58. The molecule has 35 heteroatoms. The van der Waals surface area contributed by atoms with Crippen molar-refractivity contribution >= 4 is 63.3 Å². The van der Waals surface area contributed by atoms with Crippen LogP contribution >= 0.6 is 0 Å². The third-order valence-electron chi connectivity index (χ3n) is 26.5. The van der Waals surface area contributed by atoms with E-state index in [0.29, 0.717) is 129 Å². The minimum atomic E-state index is -4.55. The van der Waals surface area contributed by atoms with Crippen LogP contribution < -0.4 is 63.5 Å². The van der Waals surface area contributed by atoms with Crippen molar-refractivity contribution in [2.24, 2.45) is 33.9 Å². The quantitative estimate of drug-likeness (QED) is 0.0384. The number of piperidine rings is 2. The number of carbonyl (C=O) groups is 4. The highest BCUT2D eigenvalue weighted by Gasteiger charge is 2.42. The average Bonchev–Trinajstić information content (AvgIpc) is 0.775. The number of aromatic nitrogens is 5. The zero-order valence-electron chi connectivity index (χ0n) is 81.4. The van der Waals surface area contributed by atoms with Gasteiger partial charge in [0.15, 0.2) is 5.78 Å². The van der Waals surface area contributed by atoms with E-state index in [9.17, 15) is 83.1 Å². The number of nitrogens with zero attached hydrogens (tertiary/aromatic N) is 10. The van der Waals surface area contributed by atoms with Gasteiger partial charge in [0, 0.05) is 199 Å². The number of pyridine rings is 5. The van der Waals surface area contributed by atoms with E-state index in [2.05, 4.69) is 36.8 Å². The molecule has 4 bridgehead atoms. The van der Waals surface area contributed by atoms with Crippen LogP contribution in [0.3, 0.4) is 0 Å². The van der Waals surface area contributed by atoms with E-state index < -0.39 is 52.4 Å². The monoisotopic (exact) mass is 1980 g/mol. The lowest BCUT2D eigenvalue weighted by Gasteiger charge is -2.47. The smallest absolute Gasteiger partial charge is 0.378 e. The fourth-order valence-electron chi connectivity index (χ4n) is 18.5. The van der Waals surface area contributed by atoms with Crippen LogP contribution in [0.15, 0.2) is 220 Å². The third kappa shape index (κ3) is 24.0. The van der Waals surface area contributed by atoms with Crippen LogP contribution in [0.5, 0.6) is 0 Å². The largest absolute Gasteiger partial charge is 0.416 e. The van der Waals surface area contributed by atoms with E-state index in [-0.39, 0.29) is 106 Å². The lowest BCUT2D eigenvalue weighted by molar-refractivity contribution is -0.139. The minimum absolute atomic E-state index is 0.0120. The highest BCUT2D eigenvalue weighted by Crippen LogP contribution is 2.41. The van der Waals surface area contributed by atoms with Gasteiger partial charge in [-0.2, -0.15) is 44.8 Å². The first kappa shape index (κ1) is 104. The van der Waals surface area contributed by atoms with E-state index in [1.165, 1.54) is 45.5 Å². The molecule has 7 aromatic carbocycles. The number of fused-ring (bicyclic) bond motifs is 4. The summed E-state index contributed by atoms with van der Waals surface area (Å²) in [5.41, 5.74) is 17.8. The van der Waals surface area contributed by atoms with E-state index in [1.807, 2.05) is 105 Å². The van der Waals surface area contributed by atoms with E-state index in [4.69, 9.17) is 24.7 Å². The number of halogens is 9. The molecule has 0 aliphatic carbocycles. The first-order chi connectivity index (χ1) is 68.4. The van der Waals surface area contributed by atoms with Crippen LogP contribution in [0.1, 0.15) is 143 Å². The summed E-state index contributed by atoms with van der Waals surface area (Å²) in [5, 5.41) is 17.8. The Labute approximate surface area is 825 Å². The predicted octanol–water partition coefficient (Wildman–Crippen LogP) is 17.9. The molecule has 0 saturated carbocycles. The Bertz CT molecular complexity index is 7180. The number of hydrogen-bond donors (Lipinski definition) is 4. The van der Waals surface area contributed by atoms with Gasteiger partial charge in [-0.15, -0.1) is 0 Å². The third-order valence-corrected chi connectivity index (χ3v) is 26.5. The maximum absolute atomic E-state index is 13.6. The molecular weight excluding hydrogens is 1870 g/mol. The van der Waals surface area contributed by atoms with Gasteiger partial charge in [0.25, 0.3) is 40.0 Å². The van der Waals surface area contributed by atoms with Crippen LogP contribution in [0, 0.1) is 39.0 Å². The molecule has 26 nitrogen and oxygen atoms in total. The second kappa shape index (κ2) is 43.3. The average molecular weight is 1980 g/mol. The Hall–Kier alpha value is -14.6. The summed E-state index contributed by atoms with van der Waals surface area (Å²) in [6.45, 7) is 20.3. The molecular formula is C109H111F9N14O12. The van der Waals surface area contributed by atoms with Crippen LogP contribution in [0.25, 0.3) is 44.5 Å². The number of carbonyl (C=O) groups excluding carboxylic acids is 4. The highest BCUT2D eigenvalue weighted by molar-refractivity contribution is 6.07. The number of morpholine rings is 4. The number of Topliss-reactive ketones (excluding diaryl/α,β-unsaturated/α-hetero) is 1. The number of amides is 3. The van der Waals surface area contributed by atoms with Crippen molar-refractivity contribution in [2.75, 3.05) is 114 Å². The molecule has 752 valence electrons. The molecule has 5 aromatic heterocycles. The van der Waals surface area contributed by atoms with Gasteiger partial charge >= 0.3 is 18.5 Å². The maximum atomic E-state index is 13.6. The van der Waals surface area contributed by atoms with Crippen molar-refractivity contribution in [3.63, 3.8) is 0 Å². The summed E-state index contributed by atoms with van der Waals surface area (Å²) >= 11 is 0. The number of nitriles is 1. The Kier molecular flexibility index (Phi) is 31.2. The first-order valence-electron chi connectivity index (χ1n) is 47.2. The van der Waals surface area contributed by atoms with E-state index in [1.54, 1.807) is 131 Å². The molecule has 0 radical (unpaired) electrons. The molecule has 8 saturated heterocycles. The number of rotatable bonds is 21. The summed E-state index contributed by atoms with van der Waals surface area (Å²) in [7, 11) is 6.84. The number of benzene rings is 7. The van der Waals surface area contributed by atoms with Crippen molar-refractivity contribution in [1.82, 2.24) is 23.3 Å².